The first-order valence-electron chi connectivity index (χ1n) is 9.65. The molecule has 1 spiro atoms. The zero-order valence-corrected chi connectivity index (χ0v) is 17.0. The Bertz CT molecular complexity index is 987. The number of piperidine rings is 1. The van der Waals surface area contributed by atoms with Crippen LogP contribution in [0.1, 0.15) is 30.4 Å². The van der Waals surface area contributed by atoms with Gasteiger partial charge in [-0.05, 0) is 35.9 Å². The van der Waals surface area contributed by atoms with Crippen LogP contribution in [0.25, 0.3) is 0 Å². The third-order valence-corrected chi connectivity index (χ3v) is 5.55. The van der Waals surface area contributed by atoms with E-state index in [-0.39, 0.29) is 5.69 Å². The molecule has 164 valence electrons. The van der Waals surface area contributed by atoms with Gasteiger partial charge in [0.1, 0.15) is 5.60 Å². The molecule has 0 aliphatic carbocycles. The summed E-state index contributed by atoms with van der Waals surface area (Å²) < 4.78 is 38.4. The van der Waals surface area contributed by atoms with E-state index in [0.717, 1.165) is 23.4 Å². The molecule has 0 unspecified atom stereocenters. The molecule has 2 aliphatic heterocycles. The van der Waals surface area contributed by atoms with Gasteiger partial charge < -0.3 is 9.68 Å². The molecule has 1 amide bonds. The maximum Gasteiger partial charge on any atom is 0.430 e. The van der Waals surface area contributed by atoms with Gasteiger partial charge in [0.05, 0.1) is 11.3 Å². The molecular formula is C21H19ClF3N3O3. The first-order valence-corrected chi connectivity index (χ1v) is 10.0. The fourth-order valence-electron chi connectivity index (χ4n) is 3.60. The van der Waals surface area contributed by atoms with E-state index in [2.05, 4.69) is 10.5 Å². The number of amides is 1. The molecule has 0 saturated carbocycles. The lowest BCUT2D eigenvalue weighted by Gasteiger charge is -2.35. The predicted octanol–water partition coefficient (Wildman–Crippen LogP) is 5.48. The third kappa shape index (κ3) is 5.11. The Morgan fingerprint density at radius 1 is 1.16 bits per heavy atom. The second-order valence-corrected chi connectivity index (χ2v) is 7.94. The normalized spacial score (nSPS) is 18.4. The summed E-state index contributed by atoms with van der Waals surface area (Å²) in [5, 5.41) is 8.67. The highest BCUT2D eigenvalue weighted by Gasteiger charge is 2.43. The van der Waals surface area contributed by atoms with Crippen LogP contribution in [-0.2, 0) is 15.9 Å². The van der Waals surface area contributed by atoms with Gasteiger partial charge >= 0.3 is 12.3 Å². The standard InChI is InChI=1S/C21H19ClF3N3O3/c22-16-6-4-14(5-7-16)18-13-20(31-27-18)8-10-28(11-9-20)30-19(29)26-17-3-1-2-15(12-17)21(23,24)25/h1-7,12H,8-11,13H2,(H,26,29). The topological polar surface area (TPSA) is 63.2 Å². The van der Waals surface area contributed by atoms with Crippen molar-refractivity contribution in [2.24, 2.45) is 5.16 Å². The quantitative estimate of drug-likeness (QED) is 0.668. The minimum absolute atomic E-state index is 0.00781. The first-order chi connectivity index (χ1) is 14.7. The number of rotatable bonds is 3. The molecule has 4 rings (SSSR count). The summed E-state index contributed by atoms with van der Waals surface area (Å²) >= 11 is 5.92. The lowest BCUT2D eigenvalue weighted by Crippen LogP contribution is -2.45. The molecular weight excluding hydrogens is 435 g/mol. The van der Waals surface area contributed by atoms with Gasteiger partial charge in [0.15, 0.2) is 0 Å². The number of nitrogens with one attached hydrogen (secondary N) is 1. The Balaban J connectivity index is 1.28. The molecule has 31 heavy (non-hydrogen) atoms. The van der Waals surface area contributed by atoms with E-state index in [1.807, 2.05) is 12.1 Å². The number of nitrogens with zero attached hydrogens (tertiary/aromatic N) is 2. The Hall–Kier alpha value is -2.78. The molecule has 6 nitrogen and oxygen atoms in total. The lowest BCUT2D eigenvalue weighted by atomic mass is 9.86. The number of anilines is 1. The van der Waals surface area contributed by atoms with E-state index in [4.69, 9.17) is 21.3 Å². The summed E-state index contributed by atoms with van der Waals surface area (Å²) in [7, 11) is 0. The second-order valence-electron chi connectivity index (χ2n) is 7.51. The minimum Gasteiger partial charge on any atom is -0.388 e. The van der Waals surface area contributed by atoms with Crippen LogP contribution in [0.15, 0.2) is 53.7 Å². The molecule has 2 aliphatic rings. The van der Waals surface area contributed by atoms with Crippen LogP contribution in [-0.4, -0.2) is 35.6 Å². The molecule has 2 aromatic carbocycles. The molecule has 0 radical (unpaired) electrons. The van der Waals surface area contributed by atoms with Crippen molar-refractivity contribution in [3.8, 4) is 0 Å². The smallest absolute Gasteiger partial charge is 0.388 e. The summed E-state index contributed by atoms with van der Waals surface area (Å²) in [6.07, 6.45) is -3.52. The Kier molecular flexibility index (Phi) is 5.81. The van der Waals surface area contributed by atoms with Crippen LogP contribution in [0.2, 0.25) is 5.02 Å². The zero-order valence-electron chi connectivity index (χ0n) is 16.3. The Labute approximate surface area is 181 Å². The average Bonchev–Trinajstić information content (AvgIpc) is 3.14. The number of halogens is 4. The summed E-state index contributed by atoms with van der Waals surface area (Å²) in [5.74, 6) is 0. The molecule has 1 fully saturated rings. The molecule has 0 atom stereocenters. The monoisotopic (exact) mass is 453 g/mol. The molecule has 0 aromatic heterocycles. The van der Waals surface area contributed by atoms with Crippen molar-refractivity contribution in [2.45, 2.75) is 31.0 Å². The maximum absolute atomic E-state index is 12.8. The van der Waals surface area contributed by atoms with Gasteiger partial charge in [-0.2, -0.15) is 13.2 Å². The molecule has 2 aromatic rings. The van der Waals surface area contributed by atoms with E-state index >= 15 is 0 Å². The fraction of sp³-hybridized carbons (Fsp3) is 0.333. The number of benzene rings is 2. The van der Waals surface area contributed by atoms with Gasteiger partial charge in [-0.1, -0.05) is 35.0 Å². The van der Waals surface area contributed by atoms with Gasteiger partial charge in [0.2, 0.25) is 0 Å². The van der Waals surface area contributed by atoms with Crippen LogP contribution in [0.3, 0.4) is 0 Å². The zero-order chi connectivity index (χ0) is 22.1. The number of hydrogen-bond donors (Lipinski definition) is 1. The molecule has 10 heteroatoms. The van der Waals surface area contributed by atoms with E-state index in [9.17, 15) is 18.0 Å². The van der Waals surface area contributed by atoms with E-state index in [0.29, 0.717) is 37.4 Å². The Morgan fingerprint density at radius 3 is 2.55 bits per heavy atom. The van der Waals surface area contributed by atoms with Crippen molar-refractivity contribution in [1.82, 2.24) is 5.06 Å². The van der Waals surface area contributed by atoms with Crippen LogP contribution in [0.5, 0.6) is 0 Å². The maximum atomic E-state index is 12.8. The Morgan fingerprint density at radius 2 is 1.87 bits per heavy atom. The van der Waals surface area contributed by atoms with Crippen LogP contribution in [0, 0.1) is 0 Å². The minimum atomic E-state index is -4.49. The van der Waals surface area contributed by atoms with Crippen LogP contribution < -0.4 is 5.32 Å². The third-order valence-electron chi connectivity index (χ3n) is 5.30. The van der Waals surface area contributed by atoms with Gasteiger partial charge in [0.25, 0.3) is 0 Å². The summed E-state index contributed by atoms with van der Waals surface area (Å²) in [6.45, 7) is 0.832. The van der Waals surface area contributed by atoms with Gasteiger partial charge in [-0.3, -0.25) is 5.32 Å². The van der Waals surface area contributed by atoms with Crippen molar-refractivity contribution in [1.29, 1.82) is 0 Å². The molecule has 1 N–H and O–H groups in total. The number of hydrogen-bond acceptors (Lipinski definition) is 5. The number of hydroxylamine groups is 2. The van der Waals surface area contributed by atoms with E-state index in [1.165, 1.54) is 17.2 Å². The van der Waals surface area contributed by atoms with E-state index in [1.54, 1.807) is 12.1 Å². The highest BCUT2D eigenvalue weighted by atomic mass is 35.5. The van der Waals surface area contributed by atoms with Crippen molar-refractivity contribution in [3.05, 3.63) is 64.7 Å². The van der Waals surface area contributed by atoms with Crippen molar-refractivity contribution >= 4 is 29.1 Å². The number of alkyl halides is 3. The van der Waals surface area contributed by atoms with Crippen molar-refractivity contribution < 1.29 is 27.6 Å². The van der Waals surface area contributed by atoms with Gasteiger partial charge in [0, 0.05) is 43.1 Å². The highest BCUT2D eigenvalue weighted by molar-refractivity contribution is 6.30. The average molecular weight is 454 g/mol. The van der Waals surface area contributed by atoms with Gasteiger partial charge in [-0.25, -0.2) is 4.79 Å². The number of carbonyl (C=O) groups is 1. The van der Waals surface area contributed by atoms with Crippen LogP contribution in [0.4, 0.5) is 23.7 Å². The second kappa shape index (κ2) is 8.39. The molecule has 2 heterocycles. The summed E-state index contributed by atoms with van der Waals surface area (Å²) in [5.41, 5.74) is 0.495. The van der Waals surface area contributed by atoms with Gasteiger partial charge in [-0.15, -0.1) is 5.06 Å². The SMILES string of the molecule is O=C(Nc1cccc(C(F)(F)F)c1)ON1CCC2(CC1)CC(c1ccc(Cl)cc1)=NO2. The van der Waals surface area contributed by atoms with Crippen molar-refractivity contribution in [3.63, 3.8) is 0 Å². The fourth-order valence-corrected chi connectivity index (χ4v) is 3.73. The number of carbonyl (C=O) groups excluding carboxylic acids is 1. The lowest BCUT2D eigenvalue weighted by molar-refractivity contribution is -0.154. The van der Waals surface area contributed by atoms with Crippen LogP contribution >= 0.6 is 11.6 Å². The summed E-state index contributed by atoms with van der Waals surface area (Å²) in [6, 6.07) is 11.7. The summed E-state index contributed by atoms with van der Waals surface area (Å²) in [4.78, 5) is 23.1. The predicted molar refractivity (Wildman–Crippen MR) is 109 cm³/mol. The largest absolute Gasteiger partial charge is 0.430 e. The molecule has 0 bridgehead atoms. The molecule has 1 saturated heterocycles. The highest BCUT2D eigenvalue weighted by Crippen LogP contribution is 2.36. The first kappa shape index (κ1) is 21.5. The van der Waals surface area contributed by atoms with Crippen molar-refractivity contribution in [2.75, 3.05) is 18.4 Å². The van der Waals surface area contributed by atoms with E-state index < -0.39 is 23.4 Å². The number of oxime groups is 1.